The monoisotopic (exact) mass is 378 g/mol. The molecule has 1 saturated heterocycles. The van der Waals surface area contributed by atoms with Crippen molar-refractivity contribution in [2.45, 2.75) is 0 Å². The summed E-state index contributed by atoms with van der Waals surface area (Å²) in [4.78, 5) is 26.0. The number of methoxy groups -OCH3 is 1. The maximum absolute atomic E-state index is 12.5. The first-order valence-corrected chi connectivity index (χ1v) is 8.68. The molecule has 0 atom stereocenters. The first-order valence-electron chi connectivity index (χ1n) is 8.27. The number of rotatable bonds is 5. The van der Waals surface area contributed by atoms with E-state index in [1.54, 1.807) is 19.3 Å². The van der Waals surface area contributed by atoms with Gasteiger partial charge in [-0.15, -0.1) is 6.58 Å². The fraction of sp³-hybridized carbons (Fsp3) is 0.0952. The van der Waals surface area contributed by atoms with Gasteiger partial charge in [0.2, 0.25) is 0 Å². The molecule has 1 fully saturated rings. The topological polar surface area (TPSA) is 58.6 Å². The molecule has 0 radical (unpaired) electrons. The Morgan fingerprint density at radius 1 is 1.15 bits per heavy atom. The molecule has 2 aromatic rings. The number of hydrogen-bond donors (Lipinski definition) is 1. The van der Waals surface area contributed by atoms with E-state index < -0.39 is 11.8 Å². The highest BCUT2D eigenvalue weighted by Crippen LogP contribution is 2.25. The van der Waals surface area contributed by atoms with Crippen molar-refractivity contribution in [2.75, 3.05) is 13.7 Å². The molecular formula is C21H18N2O3S. The Labute approximate surface area is 162 Å². The van der Waals surface area contributed by atoms with Gasteiger partial charge in [0.1, 0.15) is 11.3 Å². The van der Waals surface area contributed by atoms with Crippen molar-refractivity contribution >= 4 is 35.2 Å². The fourth-order valence-corrected chi connectivity index (χ4v) is 2.98. The number of thiocarbonyl (C=S) groups is 1. The maximum atomic E-state index is 12.5. The summed E-state index contributed by atoms with van der Waals surface area (Å²) >= 11 is 5.04. The Bertz CT molecular complexity index is 948. The summed E-state index contributed by atoms with van der Waals surface area (Å²) in [5.74, 6) is -0.149. The molecule has 2 aromatic carbocycles. The molecular weight excluding hydrogens is 360 g/mol. The average molecular weight is 378 g/mol. The summed E-state index contributed by atoms with van der Waals surface area (Å²) < 4.78 is 5.25. The normalized spacial score (nSPS) is 15.7. The summed E-state index contributed by atoms with van der Waals surface area (Å²) in [6, 6.07) is 15.3. The Morgan fingerprint density at radius 3 is 2.56 bits per heavy atom. The lowest BCUT2D eigenvalue weighted by Crippen LogP contribution is -2.53. The van der Waals surface area contributed by atoms with Crippen LogP contribution in [0, 0.1) is 0 Å². The lowest BCUT2D eigenvalue weighted by Gasteiger charge is -2.27. The highest BCUT2D eigenvalue weighted by Gasteiger charge is 2.32. The second kappa shape index (κ2) is 7.97. The molecule has 0 unspecified atom stereocenters. The van der Waals surface area contributed by atoms with Gasteiger partial charge in [0.05, 0.1) is 7.11 Å². The van der Waals surface area contributed by atoms with Gasteiger partial charge in [-0.05, 0) is 47.1 Å². The van der Waals surface area contributed by atoms with Gasteiger partial charge in [-0.1, -0.05) is 42.5 Å². The van der Waals surface area contributed by atoms with Gasteiger partial charge in [-0.2, -0.15) is 0 Å². The van der Waals surface area contributed by atoms with Crippen molar-refractivity contribution in [3.8, 4) is 16.9 Å². The van der Waals surface area contributed by atoms with E-state index >= 15 is 0 Å². The lowest BCUT2D eigenvalue weighted by molar-refractivity contribution is -0.128. The van der Waals surface area contributed by atoms with Gasteiger partial charge in [0, 0.05) is 6.54 Å². The Hall–Kier alpha value is -3.25. The molecule has 6 heteroatoms. The molecule has 27 heavy (non-hydrogen) atoms. The van der Waals surface area contributed by atoms with Crippen molar-refractivity contribution in [2.24, 2.45) is 0 Å². The van der Waals surface area contributed by atoms with Gasteiger partial charge < -0.3 is 4.74 Å². The molecule has 0 saturated carbocycles. The number of ether oxygens (including phenoxy) is 1. The molecule has 0 spiro atoms. The maximum Gasteiger partial charge on any atom is 0.265 e. The van der Waals surface area contributed by atoms with Crippen LogP contribution in [0.1, 0.15) is 5.56 Å². The Morgan fingerprint density at radius 2 is 1.89 bits per heavy atom. The third-order valence-corrected chi connectivity index (χ3v) is 4.44. The van der Waals surface area contributed by atoms with Gasteiger partial charge in [0.15, 0.2) is 5.11 Å². The van der Waals surface area contributed by atoms with Crippen LogP contribution in [-0.4, -0.2) is 35.5 Å². The molecule has 136 valence electrons. The predicted molar refractivity (Wildman–Crippen MR) is 109 cm³/mol. The van der Waals surface area contributed by atoms with Crippen LogP contribution in [0.2, 0.25) is 0 Å². The average Bonchev–Trinajstić information content (AvgIpc) is 2.69. The number of nitrogens with one attached hydrogen (secondary N) is 1. The number of nitrogens with zero attached hydrogens (tertiary/aromatic N) is 1. The van der Waals surface area contributed by atoms with Crippen LogP contribution in [0.5, 0.6) is 5.75 Å². The third-order valence-electron chi connectivity index (χ3n) is 4.12. The molecule has 3 rings (SSSR count). The molecule has 0 aromatic heterocycles. The second-order valence-electron chi connectivity index (χ2n) is 5.88. The first kappa shape index (κ1) is 18.5. The number of benzene rings is 2. The van der Waals surface area contributed by atoms with E-state index in [9.17, 15) is 9.59 Å². The summed E-state index contributed by atoms with van der Waals surface area (Å²) in [6.45, 7) is 3.85. The number of carbonyl (C=O) groups is 2. The summed E-state index contributed by atoms with van der Waals surface area (Å²) in [5, 5.41) is 2.63. The Kier molecular flexibility index (Phi) is 5.47. The lowest BCUT2D eigenvalue weighted by atomic mass is 10.0. The van der Waals surface area contributed by atoms with Crippen LogP contribution in [0.3, 0.4) is 0 Å². The molecule has 1 heterocycles. The largest absolute Gasteiger partial charge is 0.497 e. The van der Waals surface area contributed by atoms with E-state index in [2.05, 4.69) is 11.9 Å². The zero-order chi connectivity index (χ0) is 19.4. The molecule has 5 nitrogen and oxygen atoms in total. The zero-order valence-electron chi connectivity index (χ0n) is 14.8. The van der Waals surface area contributed by atoms with Crippen LogP contribution in [0.15, 0.2) is 66.8 Å². The first-order chi connectivity index (χ1) is 13.0. The molecule has 0 aliphatic carbocycles. The molecule has 1 N–H and O–H groups in total. The number of amides is 2. The minimum absolute atomic E-state index is 0.0413. The van der Waals surface area contributed by atoms with Crippen LogP contribution >= 0.6 is 12.2 Å². The van der Waals surface area contributed by atoms with Crippen molar-refractivity contribution < 1.29 is 14.3 Å². The highest BCUT2D eigenvalue weighted by atomic mass is 32.1. The van der Waals surface area contributed by atoms with Crippen molar-refractivity contribution in [3.63, 3.8) is 0 Å². The van der Waals surface area contributed by atoms with E-state index in [1.807, 2.05) is 48.5 Å². The van der Waals surface area contributed by atoms with Crippen molar-refractivity contribution in [3.05, 3.63) is 72.3 Å². The minimum atomic E-state index is -0.498. The number of hydrogen-bond acceptors (Lipinski definition) is 4. The van der Waals surface area contributed by atoms with E-state index in [4.69, 9.17) is 17.0 Å². The molecule has 2 amide bonds. The standard InChI is InChI=1S/C21H18N2O3S/c1-3-11-23-20(25)18(19(24)22-21(23)27)12-14-7-9-15(10-8-14)16-5-4-6-17(13-16)26-2/h3-10,12-13H,1,11H2,2H3,(H,22,24,27). The zero-order valence-corrected chi connectivity index (χ0v) is 15.6. The smallest absolute Gasteiger partial charge is 0.265 e. The van der Waals surface area contributed by atoms with Gasteiger partial charge in [-0.3, -0.25) is 19.8 Å². The summed E-state index contributed by atoms with van der Waals surface area (Å²) in [6.07, 6.45) is 3.12. The van der Waals surface area contributed by atoms with Gasteiger partial charge in [0.25, 0.3) is 11.8 Å². The van der Waals surface area contributed by atoms with E-state index in [0.717, 1.165) is 22.4 Å². The van der Waals surface area contributed by atoms with Crippen LogP contribution < -0.4 is 10.1 Å². The second-order valence-corrected chi connectivity index (χ2v) is 6.26. The van der Waals surface area contributed by atoms with Gasteiger partial charge in [-0.25, -0.2) is 0 Å². The SMILES string of the molecule is C=CCN1C(=O)C(=Cc2ccc(-c3cccc(OC)c3)cc2)C(=O)NC1=S. The summed E-state index contributed by atoms with van der Waals surface area (Å²) in [5.41, 5.74) is 2.80. The van der Waals surface area contributed by atoms with E-state index in [-0.39, 0.29) is 17.2 Å². The van der Waals surface area contributed by atoms with E-state index in [0.29, 0.717) is 0 Å². The third kappa shape index (κ3) is 3.96. The summed E-state index contributed by atoms with van der Waals surface area (Å²) in [7, 11) is 1.63. The van der Waals surface area contributed by atoms with Crippen LogP contribution in [0.4, 0.5) is 0 Å². The molecule has 1 aliphatic rings. The number of carbonyl (C=O) groups excluding carboxylic acids is 2. The Balaban J connectivity index is 1.88. The van der Waals surface area contributed by atoms with Crippen molar-refractivity contribution in [1.29, 1.82) is 0 Å². The quantitative estimate of drug-likeness (QED) is 0.376. The molecule has 1 aliphatic heterocycles. The minimum Gasteiger partial charge on any atom is -0.497 e. The fourth-order valence-electron chi connectivity index (χ4n) is 2.73. The van der Waals surface area contributed by atoms with E-state index in [1.165, 1.54) is 4.90 Å². The van der Waals surface area contributed by atoms with Crippen LogP contribution in [0.25, 0.3) is 17.2 Å². The van der Waals surface area contributed by atoms with Crippen molar-refractivity contribution in [1.82, 2.24) is 10.2 Å². The van der Waals surface area contributed by atoms with Gasteiger partial charge >= 0.3 is 0 Å². The predicted octanol–water partition coefficient (Wildman–Crippen LogP) is 3.17. The highest BCUT2D eigenvalue weighted by molar-refractivity contribution is 7.80. The molecule has 0 bridgehead atoms. The van der Waals surface area contributed by atoms with Crippen LogP contribution in [-0.2, 0) is 9.59 Å².